The highest BCUT2D eigenvalue weighted by Crippen LogP contribution is 2.30. The molecule has 0 bridgehead atoms. The van der Waals surface area contributed by atoms with Gasteiger partial charge in [-0.3, -0.25) is 4.79 Å². The van der Waals surface area contributed by atoms with Crippen LogP contribution in [-0.4, -0.2) is 30.2 Å². The van der Waals surface area contributed by atoms with Gasteiger partial charge in [0.1, 0.15) is 0 Å². The third-order valence-corrected chi connectivity index (χ3v) is 2.48. The molecule has 1 aromatic rings. The molecule has 1 heterocycles. The first-order chi connectivity index (χ1) is 8.58. The molecular formula is C12H13NO5. The number of benzene rings is 1. The van der Waals surface area contributed by atoms with Gasteiger partial charge >= 0.3 is 5.97 Å². The zero-order chi connectivity index (χ0) is 13.1. The second-order valence-electron chi connectivity index (χ2n) is 3.86. The van der Waals surface area contributed by atoms with Crippen molar-refractivity contribution in [2.24, 2.45) is 0 Å². The van der Waals surface area contributed by atoms with Crippen LogP contribution in [0.25, 0.3) is 0 Å². The van der Waals surface area contributed by atoms with E-state index in [9.17, 15) is 9.59 Å². The Bertz CT molecular complexity index is 479. The van der Waals surface area contributed by atoms with Crippen molar-refractivity contribution in [3.63, 3.8) is 0 Å². The Labute approximate surface area is 104 Å². The van der Waals surface area contributed by atoms with Crippen LogP contribution in [0.2, 0.25) is 0 Å². The monoisotopic (exact) mass is 251 g/mol. The highest BCUT2D eigenvalue weighted by molar-refractivity contribution is 5.92. The van der Waals surface area contributed by atoms with Crippen LogP contribution in [0.5, 0.6) is 0 Å². The molecule has 1 saturated heterocycles. The van der Waals surface area contributed by atoms with Crippen molar-refractivity contribution >= 4 is 17.6 Å². The molecule has 1 fully saturated rings. The minimum absolute atomic E-state index is 0.123. The largest absolute Gasteiger partial charge is 0.478 e. The molecule has 0 atom stereocenters. The molecule has 0 aliphatic carbocycles. The van der Waals surface area contributed by atoms with E-state index in [0.29, 0.717) is 24.5 Å². The molecule has 0 spiro atoms. The lowest BCUT2D eigenvalue weighted by Gasteiger charge is -2.15. The molecule has 1 amide bonds. The Morgan fingerprint density at radius 2 is 2.00 bits per heavy atom. The quantitative estimate of drug-likeness (QED) is 0.847. The van der Waals surface area contributed by atoms with Gasteiger partial charge in [-0.15, -0.1) is 0 Å². The molecule has 1 aromatic carbocycles. The molecule has 6 heteroatoms. The number of hydrogen-bond donors (Lipinski definition) is 2. The molecule has 0 aromatic heterocycles. The molecule has 0 radical (unpaired) electrons. The van der Waals surface area contributed by atoms with E-state index in [-0.39, 0.29) is 11.5 Å². The molecular weight excluding hydrogens is 238 g/mol. The van der Waals surface area contributed by atoms with Gasteiger partial charge in [-0.2, -0.15) is 0 Å². The summed E-state index contributed by atoms with van der Waals surface area (Å²) in [7, 11) is 0. The zero-order valence-electron chi connectivity index (χ0n) is 9.80. The average molecular weight is 251 g/mol. The van der Waals surface area contributed by atoms with Gasteiger partial charge in [-0.25, -0.2) is 4.79 Å². The topological polar surface area (TPSA) is 84.9 Å². The molecule has 96 valence electrons. The molecule has 1 aliphatic rings. The average Bonchev–Trinajstić information content (AvgIpc) is 2.81. The van der Waals surface area contributed by atoms with Crippen molar-refractivity contribution in [1.29, 1.82) is 0 Å². The van der Waals surface area contributed by atoms with Crippen LogP contribution in [0.4, 0.5) is 5.69 Å². The van der Waals surface area contributed by atoms with Gasteiger partial charge in [0.15, 0.2) is 6.29 Å². The Kier molecular flexibility index (Phi) is 3.59. The van der Waals surface area contributed by atoms with Gasteiger partial charge in [-0.1, -0.05) is 0 Å². The maximum atomic E-state index is 11.1. The van der Waals surface area contributed by atoms with E-state index in [1.165, 1.54) is 25.1 Å². The summed E-state index contributed by atoms with van der Waals surface area (Å²) in [5.41, 5.74) is 1.14. The predicted octanol–water partition coefficient (Wildman–Crippen LogP) is 1.39. The summed E-state index contributed by atoms with van der Waals surface area (Å²) < 4.78 is 10.7. The molecule has 0 unspecified atom stereocenters. The molecule has 2 rings (SSSR count). The van der Waals surface area contributed by atoms with Crippen LogP contribution in [0, 0.1) is 0 Å². The number of aromatic carboxylic acids is 1. The van der Waals surface area contributed by atoms with Crippen molar-refractivity contribution in [2.45, 2.75) is 13.2 Å². The fourth-order valence-electron chi connectivity index (χ4n) is 1.73. The van der Waals surface area contributed by atoms with Gasteiger partial charge in [-0.05, 0) is 18.2 Å². The molecule has 18 heavy (non-hydrogen) atoms. The zero-order valence-corrected chi connectivity index (χ0v) is 9.80. The number of carboxylic acid groups (broad SMARTS) is 1. The van der Waals surface area contributed by atoms with E-state index in [4.69, 9.17) is 14.6 Å². The summed E-state index contributed by atoms with van der Waals surface area (Å²) >= 11 is 0. The number of nitrogens with one attached hydrogen (secondary N) is 1. The predicted molar refractivity (Wildman–Crippen MR) is 62.4 cm³/mol. The third-order valence-electron chi connectivity index (χ3n) is 2.48. The summed E-state index contributed by atoms with van der Waals surface area (Å²) in [5.74, 6) is -1.28. The first-order valence-electron chi connectivity index (χ1n) is 5.46. The van der Waals surface area contributed by atoms with E-state index in [1.54, 1.807) is 0 Å². The van der Waals surface area contributed by atoms with Crippen LogP contribution in [0.15, 0.2) is 18.2 Å². The Hall–Kier alpha value is -1.92. The number of rotatable bonds is 3. The molecule has 2 N–H and O–H groups in total. The van der Waals surface area contributed by atoms with Crippen LogP contribution < -0.4 is 5.32 Å². The SMILES string of the molecule is CC(=O)Nc1ccc(C(=O)O)cc1C1OCCO1. The standard InChI is InChI=1S/C12H13NO5/c1-7(14)13-10-3-2-8(11(15)16)6-9(10)12-17-4-5-18-12/h2-3,6,12H,4-5H2,1H3,(H,13,14)(H,15,16). The number of carboxylic acids is 1. The third kappa shape index (κ3) is 2.66. The van der Waals surface area contributed by atoms with Gasteiger partial charge in [0.2, 0.25) is 5.91 Å². The lowest BCUT2D eigenvalue weighted by molar-refractivity contribution is -0.114. The van der Waals surface area contributed by atoms with Crippen LogP contribution in [0.3, 0.4) is 0 Å². The number of amides is 1. The minimum atomic E-state index is -1.04. The summed E-state index contributed by atoms with van der Waals surface area (Å²) in [4.78, 5) is 22.0. The fraction of sp³-hybridized carbons (Fsp3) is 0.333. The number of ether oxygens (including phenoxy) is 2. The number of anilines is 1. The molecule has 6 nitrogen and oxygen atoms in total. The normalized spacial score (nSPS) is 15.6. The summed E-state index contributed by atoms with van der Waals surface area (Å²) in [5, 5.41) is 11.6. The molecule has 0 saturated carbocycles. The maximum absolute atomic E-state index is 11.1. The summed E-state index contributed by atoms with van der Waals surface area (Å²) in [6.07, 6.45) is -0.633. The van der Waals surface area contributed by atoms with Gasteiger partial charge in [0, 0.05) is 18.2 Å². The summed E-state index contributed by atoms with van der Waals surface area (Å²) in [6.45, 7) is 2.27. The van der Waals surface area contributed by atoms with Crippen molar-refractivity contribution in [2.75, 3.05) is 18.5 Å². The highest BCUT2D eigenvalue weighted by Gasteiger charge is 2.23. The van der Waals surface area contributed by atoms with Crippen molar-refractivity contribution in [1.82, 2.24) is 0 Å². The van der Waals surface area contributed by atoms with Crippen molar-refractivity contribution < 1.29 is 24.2 Å². The number of carbonyl (C=O) groups is 2. The number of hydrogen-bond acceptors (Lipinski definition) is 4. The highest BCUT2D eigenvalue weighted by atomic mass is 16.7. The van der Waals surface area contributed by atoms with E-state index in [2.05, 4.69) is 5.32 Å². The van der Waals surface area contributed by atoms with E-state index >= 15 is 0 Å². The van der Waals surface area contributed by atoms with E-state index in [0.717, 1.165) is 0 Å². The Morgan fingerprint density at radius 1 is 1.33 bits per heavy atom. The number of carbonyl (C=O) groups excluding carboxylic acids is 1. The van der Waals surface area contributed by atoms with Crippen LogP contribution in [-0.2, 0) is 14.3 Å². The lowest BCUT2D eigenvalue weighted by atomic mass is 10.1. The Morgan fingerprint density at radius 3 is 2.56 bits per heavy atom. The second kappa shape index (κ2) is 5.16. The van der Waals surface area contributed by atoms with Crippen molar-refractivity contribution in [3.8, 4) is 0 Å². The maximum Gasteiger partial charge on any atom is 0.335 e. The fourth-order valence-corrected chi connectivity index (χ4v) is 1.73. The Balaban J connectivity index is 2.38. The van der Waals surface area contributed by atoms with Gasteiger partial charge in [0.05, 0.1) is 18.8 Å². The van der Waals surface area contributed by atoms with Crippen LogP contribution in [0.1, 0.15) is 29.1 Å². The lowest BCUT2D eigenvalue weighted by Crippen LogP contribution is -2.12. The smallest absolute Gasteiger partial charge is 0.335 e. The minimum Gasteiger partial charge on any atom is -0.478 e. The van der Waals surface area contributed by atoms with E-state index in [1.807, 2.05) is 0 Å². The van der Waals surface area contributed by atoms with Crippen molar-refractivity contribution in [3.05, 3.63) is 29.3 Å². The van der Waals surface area contributed by atoms with Gasteiger partial charge in [0.25, 0.3) is 0 Å². The molecule has 1 aliphatic heterocycles. The summed E-state index contributed by atoms with van der Waals surface area (Å²) in [6, 6.07) is 4.40. The first kappa shape index (κ1) is 12.5. The van der Waals surface area contributed by atoms with E-state index < -0.39 is 12.3 Å². The van der Waals surface area contributed by atoms with Gasteiger partial charge < -0.3 is 19.9 Å². The first-order valence-corrected chi connectivity index (χ1v) is 5.46. The second-order valence-corrected chi connectivity index (χ2v) is 3.86. The van der Waals surface area contributed by atoms with Crippen LogP contribution >= 0.6 is 0 Å².